The van der Waals surface area contributed by atoms with Crippen molar-refractivity contribution in [3.05, 3.63) is 23.8 Å². The molecule has 1 aliphatic heterocycles. The summed E-state index contributed by atoms with van der Waals surface area (Å²) in [7, 11) is 0. The Morgan fingerprint density at radius 1 is 1.44 bits per heavy atom. The average Bonchev–Trinajstić information content (AvgIpc) is 2.40. The number of nitrogens with two attached hydrogens (primary N) is 1. The molecule has 1 unspecified atom stereocenters. The Morgan fingerprint density at radius 3 is 2.78 bits per heavy atom. The van der Waals surface area contributed by atoms with Gasteiger partial charge in [0.2, 0.25) is 0 Å². The number of hydrogen-bond donors (Lipinski definition) is 1. The second-order valence-electron chi connectivity index (χ2n) is 4.94. The van der Waals surface area contributed by atoms with E-state index < -0.39 is 0 Å². The van der Waals surface area contributed by atoms with Crippen molar-refractivity contribution in [1.82, 2.24) is 14.9 Å². The molecule has 2 N–H and O–H groups in total. The number of rotatable bonds is 4. The van der Waals surface area contributed by atoms with Crippen LogP contribution in [0.2, 0.25) is 0 Å². The Balaban J connectivity index is 2.02. The van der Waals surface area contributed by atoms with E-state index in [-0.39, 0.29) is 6.10 Å². The molecule has 0 spiro atoms. The maximum Gasteiger partial charge on any atom is 0.158 e. The summed E-state index contributed by atoms with van der Waals surface area (Å²) in [5.41, 5.74) is 6.59. The Morgan fingerprint density at radius 2 is 2.17 bits per heavy atom. The molecule has 18 heavy (non-hydrogen) atoms. The lowest BCUT2D eigenvalue weighted by Gasteiger charge is -2.34. The minimum absolute atomic E-state index is 0.00641. The number of hydrogen-bond acceptors (Lipinski definition) is 5. The molecule has 0 radical (unpaired) electrons. The minimum atomic E-state index is -0.00641. The SMILES string of the molecule is CC(C)N1CCOC(c2ncc(CCN)cn2)C1. The van der Waals surface area contributed by atoms with Gasteiger partial charge in [0.25, 0.3) is 0 Å². The van der Waals surface area contributed by atoms with Crippen molar-refractivity contribution in [3.8, 4) is 0 Å². The topological polar surface area (TPSA) is 64.3 Å². The van der Waals surface area contributed by atoms with Crippen LogP contribution < -0.4 is 5.73 Å². The monoisotopic (exact) mass is 250 g/mol. The first-order valence-corrected chi connectivity index (χ1v) is 6.57. The van der Waals surface area contributed by atoms with E-state index in [0.29, 0.717) is 12.6 Å². The van der Waals surface area contributed by atoms with Gasteiger partial charge in [-0.3, -0.25) is 4.90 Å². The van der Waals surface area contributed by atoms with E-state index in [1.54, 1.807) is 0 Å². The summed E-state index contributed by atoms with van der Waals surface area (Å²) >= 11 is 0. The molecule has 2 rings (SSSR count). The molecule has 1 atom stereocenters. The highest BCUT2D eigenvalue weighted by Gasteiger charge is 2.25. The first-order chi connectivity index (χ1) is 8.70. The molecular weight excluding hydrogens is 228 g/mol. The first kappa shape index (κ1) is 13.4. The van der Waals surface area contributed by atoms with Crippen LogP contribution >= 0.6 is 0 Å². The number of aromatic nitrogens is 2. The Hall–Kier alpha value is -1.04. The zero-order valence-corrected chi connectivity index (χ0v) is 11.2. The highest BCUT2D eigenvalue weighted by Crippen LogP contribution is 2.20. The molecule has 1 saturated heterocycles. The molecule has 100 valence electrons. The van der Waals surface area contributed by atoms with Crippen molar-refractivity contribution < 1.29 is 4.74 Å². The van der Waals surface area contributed by atoms with Crippen LogP contribution in [0.4, 0.5) is 0 Å². The van der Waals surface area contributed by atoms with Crippen LogP contribution in [0.1, 0.15) is 31.3 Å². The van der Waals surface area contributed by atoms with Gasteiger partial charge in [0.1, 0.15) is 6.10 Å². The van der Waals surface area contributed by atoms with E-state index in [1.807, 2.05) is 12.4 Å². The van der Waals surface area contributed by atoms with Crippen LogP contribution in [0.3, 0.4) is 0 Å². The maximum absolute atomic E-state index is 5.75. The lowest BCUT2D eigenvalue weighted by Crippen LogP contribution is -2.42. The summed E-state index contributed by atoms with van der Waals surface area (Å²) in [6.07, 6.45) is 4.53. The van der Waals surface area contributed by atoms with Crippen LogP contribution in [0.15, 0.2) is 12.4 Å². The van der Waals surface area contributed by atoms with Crippen molar-refractivity contribution in [2.75, 3.05) is 26.2 Å². The zero-order valence-electron chi connectivity index (χ0n) is 11.2. The van der Waals surface area contributed by atoms with Gasteiger partial charge in [-0.15, -0.1) is 0 Å². The van der Waals surface area contributed by atoms with E-state index in [1.165, 1.54) is 0 Å². The summed E-state index contributed by atoms with van der Waals surface area (Å²) in [4.78, 5) is 11.2. The van der Waals surface area contributed by atoms with E-state index in [2.05, 4.69) is 28.7 Å². The number of morpholine rings is 1. The highest BCUT2D eigenvalue weighted by molar-refractivity contribution is 5.07. The molecule has 1 aliphatic rings. The minimum Gasteiger partial charge on any atom is -0.368 e. The highest BCUT2D eigenvalue weighted by atomic mass is 16.5. The van der Waals surface area contributed by atoms with Crippen LogP contribution in [0, 0.1) is 0 Å². The van der Waals surface area contributed by atoms with Gasteiger partial charge in [0.05, 0.1) is 6.61 Å². The van der Waals surface area contributed by atoms with Gasteiger partial charge < -0.3 is 10.5 Å². The zero-order chi connectivity index (χ0) is 13.0. The molecule has 0 bridgehead atoms. The molecule has 5 nitrogen and oxygen atoms in total. The van der Waals surface area contributed by atoms with Gasteiger partial charge in [0, 0.05) is 31.5 Å². The van der Waals surface area contributed by atoms with Crippen molar-refractivity contribution >= 4 is 0 Å². The van der Waals surface area contributed by atoms with E-state index in [9.17, 15) is 0 Å². The molecule has 0 amide bonds. The lowest BCUT2D eigenvalue weighted by atomic mass is 10.2. The second-order valence-corrected chi connectivity index (χ2v) is 4.94. The second kappa shape index (κ2) is 6.22. The molecule has 5 heteroatoms. The molecular formula is C13H22N4O. The van der Waals surface area contributed by atoms with Gasteiger partial charge in [-0.1, -0.05) is 0 Å². The Kier molecular flexibility index (Phi) is 4.63. The predicted molar refractivity (Wildman–Crippen MR) is 70.2 cm³/mol. The van der Waals surface area contributed by atoms with E-state index in [4.69, 9.17) is 10.5 Å². The van der Waals surface area contributed by atoms with Gasteiger partial charge in [-0.2, -0.15) is 0 Å². The van der Waals surface area contributed by atoms with Crippen LogP contribution in [0.25, 0.3) is 0 Å². The molecule has 0 aromatic carbocycles. The van der Waals surface area contributed by atoms with Gasteiger partial charge in [0.15, 0.2) is 5.82 Å². The fourth-order valence-corrected chi connectivity index (χ4v) is 2.12. The third-order valence-electron chi connectivity index (χ3n) is 3.27. The van der Waals surface area contributed by atoms with Gasteiger partial charge >= 0.3 is 0 Å². The van der Waals surface area contributed by atoms with Crippen LogP contribution in [0.5, 0.6) is 0 Å². The Labute approximate surface area is 108 Å². The molecule has 1 aromatic rings. The van der Waals surface area contributed by atoms with Gasteiger partial charge in [-0.25, -0.2) is 9.97 Å². The number of ether oxygens (including phenoxy) is 1. The molecule has 1 aromatic heterocycles. The van der Waals surface area contributed by atoms with Crippen LogP contribution in [-0.4, -0.2) is 47.2 Å². The third kappa shape index (κ3) is 3.25. The molecule has 0 aliphatic carbocycles. The maximum atomic E-state index is 5.75. The summed E-state index contributed by atoms with van der Waals surface area (Å²) in [5.74, 6) is 0.779. The fourth-order valence-electron chi connectivity index (χ4n) is 2.12. The fraction of sp³-hybridized carbons (Fsp3) is 0.692. The molecule has 2 heterocycles. The standard InChI is InChI=1S/C13H22N4O/c1-10(2)17-5-6-18-12(9-17)13-15-7-11(3-4-14)8-16-13/h7-8,10,12H,3-6,9,14H2,1-2H3. The smallest absolute Gasteiger partial charge is 0.158 e. The third-order valence-corrected chi connectivity index (χ3v) is 3.27. The summed E-state index contributed by atoms with van der Waals surface area (Å²) in [6, 6.07) is 0.535. The molecule has 0 saturated carbocycles. The quantitative estimate of drug-likeness (QED) is 0.854. The van der Waals surface area contributed by atoms with E-state index in [0.717, 1.165) is 37.5 Å². The lowest BCUT2D eigenvalue weighted by molar-refractivity contribution is -0.0443. The predicted octanol–water partition coefficient (Wildman–Crippen LogP) is 0.760. The Bertz CT molecular complexity index is 366. The molecule has 1 fully saturated rings. The first-order valence-electron chi connectivity index (χ1n) is 6.57. The van der Waals surface area contributed by atoms with Crippen molar-refractivity contribution in [2.45, 2.75) is 32.4 Å². The van der Waals surface area contributed by atoms with Crippen LogP contribution in [-0.2, 0) is 11.2 Å². The van der Waals surface area contributed by atoms with E-state index >= 15 is 0 Å². The van der Waals surface area contributed by atoms with Crippen molar-refractivity contribution in [3.63, 3.8) is 0 Å². The largest absolute Gasteiger partial charge is 0.368 e. The average molecular weight is 250 g/mol. The van der Waals surface area contributed by atoms with Crippen molar-refractivity contribution in [1.29, 1.82) is 0 Å². The van der Waals surface area contributed by atoms with Crippen molar-refractivity contribution in [2.24, 2.45) is 5.73 Å². The normalized spacial score (nSPS) is 21.4. The summed E-state index contributed by atoms with van der Waals surface area (Å²) in [5, 5.41) is 0. The summed E-state index contributed by atoms with van der Waals surface area (Å²) < 4.78 is 5.75. The number of nitrogens with zero attached hydrogens (tertiary/aromatic N) is 3. The van der Waals surface area contributed by atoms with Gasteiger partial charge in [-0.05, 0) is 32.4 Å². The summed E-state index contributed by atoms with van der Waals surface area (Å²) in [6.45, 7) is 7.63.